The average Bonchev–Trinajstić information content (AvgIpc) is 4.27. The molecule has 1 N–H and O–H groups in total. The number of esters is 1. The number of benzene rings is 4. The number of carboxylic acid groups (broad SMARTS) is 1. The number of alkyl halides is 3. The van der Waals surface area contributed by atoms with E-state index in [2.05, 4.69) is 35.1 Å². The van der Waals surface area contributed by atoms with Crippen LogP contribution in [0.2, 0.25) is 0 Å². The number of aromatic nitrogens is 6. The molecular weight excluding hydrogens is 970 g/mol. The van der Waals surface area contributed by atoms with Gasteiger partial charge in [-0.1, -0.05) is 95.2 Å². The van der Waals surface area contributed by atoms with Gasteiger partial charge in [0.25, 0.3) is 0 Å². The zero-order valence-electron chi connectivity index (χ0n) is 41.0. The Hall–Kier alpha value is -8.61. The van der Waals surface area contributed by atoms with Gasteiger partial charge in [0.1, 0.15) is 41.8 Å². The molecule has 4 aromatic heterocycles. The van der Waals surface area contributed by atoms with E-state index in [-0.39, 0.29) is 56.0 Å². The van der Waals surface area contributed by atoms with Crippen LogP contribution in [0.1, 0.15) is 41.0 Å². The first-order chi connectivity index (χ1) is 36.3. The van der Waals surface area contributed by atoms with Crippen molar-refractivity contribution in [3.8, 4) is 34.0 Å². The molecule has 0 saturated carbocycles. The third-order valence-electron chi connectivity index (χ3n) is 12.9. The van der Waals surface area contributed by atoms with E-state index in [0.717, 1.165) is 58.1 Å². The molecule has 386 valence electrons. The molecular formula is C56H53F3N8O8. The summed E-state index contributed by atoms with van der Waals surface area (Å²) in [5.74, 6) is 0.698. The van der Waals surface area contributed by atoms with Gasteiger partial charge in [-0.2, -0.15) is 13.2 Å². The quantitative estimate of drug-likeness (QED) is 0.0847. The first-order valence-corrected chi connectivity index (χ1v) is 24.4. The summed E-state index contributed by atoms with van der Waals surface area (Å²) in [6.45, 7) is 6.13. The number of carboxylic acids is 1. The SMILES string of the molecule is CCOC(=O)[C@H]1CN(c2nccc(C)n2)C[C@H]1Cc1ccc(OCc2cc(-c3ccccc3)no2)cc1.O=C(O)[C@H]1CN(c2nccc(C(F)(F)F)n2)C[C@H]1Cc1ccc(OCc2cc(-c3ccccc3)no2)cc1. The van der Waals surface area contributed by atoms with Crippen LogP contribution in [-0.4, -0.2) is 80.1 Å². The number of nitrogens with zero attached hydrogens (tertiary/aromatic N) is 8. The van der Waals surface area contributed by atoms with E-state index in [1.54, 1.807) is 18.3 Å². The summed E-state index contributed by atoms with van der Waals surface area (Å²) in [5.41, 5.74) is 5.30. The number of hydrogen-bond acceptors (Lipinski definition) is 15. The maximum Gasteiger partial charge on any atom is 0.433 e. The number of halogens is 3. The van der Waals surface area contributed by atoms with E-state index >= 15 is 0 Å². The number of carbonyl (C=O) groups excluding carboxylic acids is 1. The van der Waals surface area contributed by atoms with Crippen LogP contribution in [0.3, 0.4) is 0 Å². The molecule has 2 aliphatic heterocycles. The minimum Gasteiger partial charge on any atom is -0.486 e. The summed E-state index contributed by atoms with van der Waals surface area (Å²) in [5, 5.41) is 17.9. The predicted molar refractivity (Wildman–Crippen MR) is 269 cm³/mol. The first-order valence-electron chi connectivity index (χ1n) is 24.4. The topological polar surface area (TPSA) is 192 Å². The molecule has 6 heterocycles. The molecule has 0 radical (unpaired) electrons. The van der Waals surface area contributed by atoms with Gasteiger partial charge in [0, 0.05) is 67.5 Å². The first kappa shape index (κ1) is 51.3. The van der Waals surface area contributed by atoms with Gasteiger partial charge in [-0.05, 0) is 86.1 Å². The summed E-state index contributed by atoms with van der Waals surface area (Å²) < 4.78 is 67.0. The molecule has 0 aliphatic carbocycles. The minimum atomic E-state index is -4.61. The summed E-state index contributed by atoms with van der Waals surface area (Å²) in [6, 6.07) is 41.1. The fourth-order valence-corrected chi connectivity index (χ4v) is 9.14. The predicted octanol–water partition coefficient (Wildman–Crippen LogP) is 9.99. The monoisotopic (exact) mass is 1020 g/mol. The number of ether oxygens (including phenoxy) is 3. The van der Waals surface area contributed by atoms with Gasteiger partial charge in [-0.25, -0.2) is 19.9 Å². The van der Waals surface area contributed by atoms with Gasteiger partial charge >= 0.3 is 18.1 Å². The van der Waals surface area contributed by atoms with Crippen molar-refractivity contribution in [1.29, 1.82) is 0 Å². The molecule has 16 nitrogen and oxygen atoms in total. The highest BCUT2D eigenvalue weighted by Gasteiger charge is 2.41. The third-order valence-corrected chi connectivity index (χ3v) is 12.9. The zero-order chi connectivity index (χ0) is 52.3. The number of rotatable bonds is 17. The van der Waals surface area contributed by atoms with Crippen LogP contribution in [0.15, 0.2) is 155 Å². The van der Waals surface area contributed by atoms with E-state index in [0.29, 0.717) is 55.0 Å². The molecule has 0 bridgehead atoms. The van der Waals surface area contributed by atoms with Crippen LogP contribution in [0, 0.1) is 30.6 Å². The highest BCUT2D eigenvalue weighted by Crippen LogP contribution is 2.34. The summed E-state index contributed by atoms with van der Waals surface area (Å²) in [4.78, 5) is 44.7. The Labute approximate surface area is 430 Å². The molecule has 10 rings (SSSR count). The lowest BCUT2D eigenvalue weighted by Gasteiger charge is -2.17. The Morgan fingerprint density at radius 1 is 0.640 bits per heavy atom. The standard InChI is InChI=1S/C29H30N4O4.C27H23F3N4O4/c1-3-35-28(34)26-18-33(29-30-14-13-20(2)31-29)17-23(26)15-21-9-11-24(12-10-21)36-19-25-16-27(32-37-25)22-7-5-4-6-8-22;28-27(29,30)24-10-11-31-26(32-24)34-14-19(22(15-34)25(35)36)12-17-6-8-20(9-7-17)37-16-21-13-23(33-38-21)18-4-2-1-3-5-18/h4-14,16,23,26H,3,15,17-19H2,1-2H3;1-11,13,19,22H,12,14-16H2,(H,35,36)/t23-,26+;19-,22+/m11/s1. The second-order valence-corrected chi connectivity index (χ2v) is 18.2. The molecule has 4 aromatic carbocycles. The van der Waals surface area contributed by atoms with Gasteiger partial charge in [0.15, 0.2) is 11.5 Å². The maximum atomic E-state index is 13.1. The van der Waals surface area contributed by atoms with E-state index in [4.69, 9.17) is 23.3 Å². The summed E-state index contributed by atoms with van der Waals surface area (Å²) >= 11 is 0. The van der Waals surface area contributed by atoms with Gasteiger partial charge in [-0.3, -0.25) is 9.59 Å². The number of aryl methyl sites for hydroxylation is 1. The average molecular weight is 1020 g/mol. The smallest absolute Gasteiger partial charge is 0.433 e. The van der Waals surface area contributed by atoms with E-state index < -0.39 is 23.8 Å². The Morgan fingerprint density at radius 2 is 1.12 bits per heavy atom. The third kappa shape index (κ3) is 13.3. The largest absolute Gasteiger partial charge is 0.486 e. The summed E-state index contributed by atoms with van der Waals surface area (Å²) in [7, 11) is 0. The second-order valence-electron chi connectivity index (χ2n) is 18.2. The van der Waals surface area contributed by atoms with Crippen molar-refractivity contribution < 1.29 is 51.1 Å². The van der Waals surface area contributed by atoms with Gasteiger partial charge < -0.3 is 38.2 Å². The van der Waals surface area contributed by atoms with Crippen LogP contribution in [0.4, 0.5) is 25.1 Å². The molecule has 2 saturated heterocycles. The molecule has 0 spiro atoms. The van der Waals surface area contributed by atoms with Crippen molar-refractivity contribution >= 4 is 23.8 Å². The van der Waals surface area contributed by atoms with Crippen molar-refractivity contribution in [2.24, 2.45) is 23.7 Å². The number of hydrogen-bond donors (Lipinski definition) is 1. The van der Waals surface area contributed by atoms with Crippen LogP contribution in [0.25, 0.3) is 22.5 Å². The van der Waals surface area contributed by atoms with Crippen LogP contribution >= 0.6 is 0 Å². The highest BCUT2D eigenvalue weighted by molar-refractivity contribution is 5.75. The van der Waals surface area contributed by atoms with Crippen LogP contribution in [-0.2, 0) is 46.6 Å². The lowest BCUT2D eigenvalue weighted by Crippen LogP contribution is -2.27. The maximum absolute atomic E-state index is 13.1. The van der Waals surface area contributed by atoms with Crippen molar-refractivity contribution in [1.82, 2.24) is 30.2 Å². The van der Waals surface area contributed by atoms with Gasteiger partial charge in [0.2, 0.25) is 11.9 Å². The lowest BCUT2D eigenvalue weighted by molar-refractivity contribution is -0.148. The Morgan fingerprint density at radius 3 is 1.60 bits per heavy atom. The van der Waals surface area contributed by atoms with E-state index in [1.807, 2.05) is 129 Å². The van der Waals surface area contributed by atoms with Crippen molar-refractivity contribution in [3.05, 3.63) is 180 Å². The molecule has 8 aromatic rings. The molecule has 4 atom stereocenters. The normalized spacial score (nSPS) is 17.3. The van der Waals surface area contributed by atoms with Crippen LogP contribution < -0.4 is 19.3 Å². The molecule has 19 heteroatoms. The van der Waals surface area contributed by atoms with Gasteiger partial charge in [-0.15, -0.1) is 0 Å². The number of anilines is 2. The molecule has 2 fully saturated rings. The highest BCUT2D eigenvalue weighted by atomic mass is 19.4. The Kier molecular flexibility index (Phi) is 16.1. The molecule has 2 aliphatic rings. The second kappa shape index (κ2) is 23.5. The Bertz CT molecular complexity index is 3140. The lowest BCUT2D eigenvalue weighted by atomic mass is 9.90. The Balaban J connectivity index is 0.000000184. The van der Waals surface area contributed by atoms with E-state index in [9.17, 15) is 27.9 Å². The number of aliphatic carboxylic acids is 1. The van der Waals surface area contributed by atoms with Crippen molar-refractivity contribution in [3.63, 3.8) is 0 Å². The summed E-state index contributed by atoms with van der Waals surface area (Å²) in [6.07, 6.45) is -0.646. The zero-order valence-corrected chi connectivity index (χ0v) is 41.0. The van der Waals surface area contributed by atoms with Crippen LogP contribution in [0.5, 0.6) is 11.5 Å². The van der Waals surface area contributed by atoms with E-state index in [1.165, 1.54) is 4.90 Å². The molecule has 0 amide bonds. The number of carbonyl (C=O) groups is 2. The molecule has 0 unspecified atom stereocenters. The van der Waals surface area contributed by atoms with Crippen molar-refractivity contribution in [2.45, 2.75) is 46.1 Å². The minimum absolute atomic E-state index is 0.0324. The van der Waals surface area contributed by atoms with Gasteiger partial charge in [0.05, 0.1) is 18.4 Å². The molecule has 75 heavy (non-hydrogen) atoms. The fraction of sp³-hybridized carbons (Fsp3) is 0.286. The van der Waals surface area contributed by atoms with Crippen molar-refractivity contribution in [2.75, 3.05) is 42.6 Å². The fourth-order valence-electron chi connectivity index (χ4n) is 9.14.